The molecule has 28 heavy (non-hydrogen) atoms. The second-order valence-corrected chi connectivity index (χ2v) is 7.34. The zero-order chi connectivity index (χ0) is 19.1. The van der Waals surface area contributed by atoms with Crippen LogP contribution in [0.15, 0.2) is 54.7 Å². The van der Waals surface area contributed by atoms with Gasteiger partial charge in [-0.1, -0.05) is 18.2 Å². The van der Waals surface area contributed by atoms with Crippen molar-refractivity contribution < 1.29 is 4.79 Å². The van der Waals surface area contributed by atoms with Gasteiger partial charge in [0.1, 0.15) is 0 Å². The summed E-state index contributed by atoms with van der Waals surface area (Å²) in [5, 5.41) is 6.45. The molecular formula is C22H21N5O. The Hall–Kier alpha value is -3.28. The number of amides is 1. The van der Waals surface area contributed by atoms with E-state index in [0.29, 0.717) is 11.6 Å². The number of likely N-dealkylation sites (tertiary alicyclic amines) is 1. The van der Waals surface area contributed by atoms with Gasteiger partial charge in [-0.25, -0.2) is 9.97 Å². The van der Waals surface area contributed by atoms with Gasteiger partial charge in [0, 0.05) is 48.7 Å². The molecule has 0 bridgehead atoms. The van der Waals surface area contributed by atoms with Crippen LogP contribution in [0, 0.1) is 0 Å². The van der Waals surface area contributed by atoms with E-state index in [-0.39, 0.29) is 5.91 Å². The molecule has 0 radical (unpaired) electrons. The molecule has 3 aromatic heterocycles. The lowest BCUT2D eigenvalue weighted by atomic mass is 9.92. The van der Waals surface area contributed by atoms with Gasteiger partial charge in [0.05, 0.1) is 5.52 Å². The van der Waals surface area contributed by atoms with Crippen LogP contribution in [0.1, 0.15) is 34.9 Å². The quantitative estimate of drug-likeness (QED) is 0.541. The molecule has 1 saturated heterocycles. The summed E-state index contributed by atoms with van der Waals surface area (Å²) >= 11 is 0. The third-order valence-corrected chi connectivity index (χ3v) is 5.65. The highest BCUT2D eigenvalue weighted by atomic mass is 16.2. The first-order chi connectivity index (χ1) is 13.7. The fourth-order valence-corrected chi connectivity index (χ4v) is 4.09. The number of hydrogen-bond acceptors (Lipinski definition) is 4. The molecule has 1 aliphatic heterocycles. The number of aryl methyl sites for hydroxylation is 1. The number of benzene rings is 1. The molecule has 5 rings (SSSR count). The summed E-state index contributed by atoms with van der Waals surface area (Å²) in [5.41, 5.74) is 3.39. The van der Waals surface area contributed by atoms with Gasteiger partial charge in [-0.2, -0.15) is 5.10 Å². The van der Waals surface area contributed by atoms with Gasteiger partial charge in [0.25, 0.3) is 5.91 Å². The number of hydrogen-bond donors (Lipinski definition) is 0. The van der Waals surface area contributed by atoms with Crippen molar-refractivity contribution in [3.05, 3.63) is 66.1 Å². The molecule has 140 valence electrons. The Morgan fingerprint density at radius 1 is 1.04 bits per heavy atom. The van der Waals surface area contributed by atoms with Gasteiger partial charge in [-0.05, 0) is 43.2 Å². The minimum absolute atomic E-state index is 0.0170. The largest absolute Gasteiger partial charge is 0.337 e. The number of rotatable bonds is 2. The first-order valence-electron chi connectivity index (χ1n) is 9.63. The van der Waals surface area contributed by atoms with E-state index in [1.54, 1.807) is 10.9 Å². The fraction of sp³-hybridized carbons (Fsp3) is 0.273. The van der Waals surface area contributed by atoms with Gasteiger partial charge >= 0.3 is 0 Å². The molecule has 0 N–H and O–H groups in total. The van der Waals surface area contributed by atoms with Crippen molar-refractivity contribution in [1.29, 1.82) is 0 Å². The average Bonchev–Trinajstić information content (AvgIpc) is 3.10. The second kappa shape index (κ2) is 6.71. The minimum atomic E-state index is 0.0170. The molecule has 4 heterocycles. The lowest BCUT2D eigenvalue weighted by molar-refractivity contribution is 0.0707. The normalized spacial score (nSPS) is 15.4. The molecule has 1 aliphatic rings. The highest BCUT2D eigenvalue weighted by Crippen LogP contribution is 2.29. The first-order valence-corrected chi connectivity index (χ1v) is 9.63. The summed E-state index contributed by atoms with van der Waals surface area (Å²) in [6.45, 7) is 1.44. The van der Waals surface area contributed by atoms with Crippen molar-refractivity contribution in [2.45, 2.75) is 18.8 Å². The van der Waals surface area contributed by atoms with Crippen LogP contribution in [-0.2, 0) is 7.05 Å². The van der Waals surface area contributed by atoms with Crippen molar-refractivity contribution in [3.63, 3.8) is 0 Å². The lowest BCUT2D eigenvalue weighted by Crippen LogP contribution is -2.38. The van der Waals surface area contributed by atoms with Gasteiger partial charge < -0.3 is 4.90 Å². The smallest absolute Gasteiger partial charge is 0.275 e. The summed E-state index contributed by atoms with van der Waals surface area (Å²) < 4.78 is 1.78. The molecule has 0 saturated carbocycles. The molecule has 1 aromatic carbocycles. The zero-order valence-electron chi connectivity index (χ0n) is 15.7. The number of fused-ring (bicyclic) bond motifs is 2. The van der Waals surface area contributed by atoms with Crippen molar-refractivity contribution >= 4 is 27.8 Å². The molecule has 1 fully saturated rings. The third kappa shape index (κ3) is 2.81. The predicted molar refractivity (Wildman–Crippen MR) is 108 cm³/mol. The van der Waals surface area contributed by atoms with E-state index in [1.165, 1.54) is 0 Å². The molecule has 0 atom stereocenters. The number of nitrogens with zero attached hydrogens (tertiary/aromatic N) is 5. The van der Waals surface area contributed by atoms with Crippen LogP contribution in [0.5, 0.6) is 0 Å². The molecule has 6 nitrogen and oxygen atoms in total. The van der Waals surface area contributed by atoms with Crippen LogP contribution in [-0.4, -0.2) is 43.6 Å². The topological polar surface area (TPSA) is 63.9 Å². The van der Waals surface area contributed by atoms with Crippen molar-refractivity contribution in [2.75, 3.05) is 13.1 Å². The molecule has 6 heteroatoms. The van der Waals surface area contributed by atoms with Gasteiger partial charge in [0.15, 0.2) is 11.3 Å². The van der Waals surface area contributed by atoms with Crippen LogP contribution in [0.25, 0.3) is 21.9 Å². The number of pyridine rings is 2. The number of carbonyl (C=O) groups excluding carboxylic acids is 1. The molecule has 1 amide bonds. The van der Waals surface area contributed by atoms with E-state index < -0.39 is 0 Å². The van der Waals surface area contributed by atoms with Crippen LogP contribution in [0.3, 0.4) is 0 Å². The molecule has 0 spiro atoms. The summed E-state index contributed by atoms with van der Waals surface area (Å²) in [7, 11) is 1.88. The van der Waals surface area contributed by atoms with E-state index in [9.17, 15) is 4.79 Å². The Morgan fingerprint density at radius 3 is 2.71 bits per heavy atom. The van der Waals surface area contributed by atoms with E-state index in [4.69, 9.17) is 4.98 Å². The summed E-state index contributed by atoms with van der Waals surface area (Å²) in [5.74, 6) is 0.374. The summed E-state index contributed by atoms with van der Waals surface area (Å²) in [4.78, 5) is 24.1. The molecule has 4 aromatic rings. The number of piperidine rings is 1. The Bertz CT molecular complexity index is 1170. The fourth-order valence-electron chi connectivity index (χ4n) is 4.09. The van der Waals surface area contributed by atoms with Gasteiger partial charge in [-0.15, -0.1) is 0 Å². The molecular weight excluding hydrogens is 350 g/mol. The molecule has 0 unspecified atom stereocenters. The SMILES string of the molecule is Cn1nc(C(=O)N2CCC(c3ccc4cccnc4n3)CC2)c2ccccc21. The van der Waals surface area contributed by atoms with Crippen LogP contribution >= 0.6 is 0 Å². The maximum absolute atomic E-state index is 13.1. The summed E-state index contributed by atoms with van der Waals surface area (Å²) in [6.07, 6.45) is 3.58. The third-order valence-electron chi connectivity index (χ3n) is 5.65. The number of carbonyl (C=O) groups is 1. The second-order valence-electron chi connectivity index (χ2n) is 7.34. The Labute approximate surface area is 162 Å². The van der Waals surface area contributed by atoms with Gasteiger partial charge in [-0.3, -0.25) is 9.48 Å². The van der Waals surface area contributed by atoms with Crippen molar-refractivity contribution in [3.8, 4) is 0 Å². The lowest BCUT2D eigenvalue weighted by Gasteiger charge is -2.31. The monoisotopic (exact) mass is 371 g/mol. The summed E-state index contributed by atoms with van der Waals surface area (Å²) in [6, 6.07) is 16.0. The zero-order valence-corrected chi connectivity index (χ0v) is 15.7. The van der Waals surface area contributed by atoms with E-state index in [2.05, 4.69) is 22.2 Å². The van der Waals surface area contributed by atoms with Crippen molar-refractivity contribution in [1.82, 2.24) is 24.6 Å². The Balaban J connectivity index is 1.34. The first kappa shape index (κ1) is 16.9. The van der Waals surface area contributed by atoms with E-state index in [0.717, 1.165) is 53.6 Å². The predicted octanol–water partition coefficient (Wildman–Crippen LogP) is 3.54. The molecule has 0 aliphatic carbocycles. The van der Waals surface area contributed by atoms with Crippen LogP contribution in [0.2, 0.25) is 0 Å². The Morgan fingerprint density at radius 2 is 1.86 bits per heavy atom. The van der Waals surface area contributed by atoms with E-state index in [1.807, 2.05) is 48.3 Å². The minimum Gasteiger partial charge on any atom is -0.337 e. The highest BCUT2D eigenvalue weighted by molar-refractivity contribution is 6.04. The van der Waals surface area contributed by atoms with Crippen molar-refractivity contribution in [2.24, 2.45) is 7.05 Å². The van der Waals surface area contributed by atoms with Gasteiger partial charge in [0.2, 0.25) is 0 Å². The van der Waals surface area contributed by atoms with E-state index >= 15 is 0 Å². The maximum atomic E-state index is 13.1. The highest BCUT2D eigenvalue weighted by Gasteiger charge is 2.28. The Kier molecular flexibility index (Phi) is 4.04. The average molecular weight is 371 g/mol. The number of aromatic nitrogens is 4. The van der Waals surface area contributed by atoms with Crippen LogP contribution < -0.4 is 0 Å². The van der Waals surface area contributed by atoms with Crippen LogP contribution in [0.4, 0.5) is 0 Å². The number of para-hydroxylation sites is 1. The maximum Gasteiger partial charge on any atom is 0.275 e. The standard InChI is InChI=1S/C22H21N5O/c1-26-19-7-3-2-6-17(19)20(25-26)22(28)27-13-10-15(11-14-27)18-9-8-16-5-4-12-23-21(16)24-18/h2-9,12,15H,10-11,13-14H2,1H3.